The molecule has 0 N–H and O–H groups in total. The molecule has 0 aromatic heterocycles. The summed E-state index contributed by atoms with van der Waals surface area (Å²) in [5, 5.41) is 1.22. The molecule has 0 radical (unpaired) electrons. The number of hydrogen-bond acceptors (Lipinski definition) is 5. The van der Waals surface area contributed by atoms with Gasteiger partial charge in [-0.25, -0.2) is 0 Å². The highest BCUT2D eigenvalue weighted by atomic mass is 32.2. The highest BCUT2D eigenvalue weighted by Crippen LogP contribution is 2.22. The minimum atomic E-state index is 0.487. The van der Waals surface area contributed by atoms with Crippen LogP contribution in [0.2, 0.25) is 0 Å². The van der Waals surface area contributed by atoms with Gasteiger partial charge in [0.15, 0.2) is 5.17 Å². The molecular formula is C20H31N3OS. The minimum Gasteiger partial charge on any atom is -0.497 e. The number of rotatable bonds is 8. The van der Waals surface area contributed by atoms with Gasteiger partial charge in [0.25, 0.3) is 0 Å². The highest BCUT2D eigenvalue weighted by molar-refractivity contribution is 8.13. The summed E-state index contributed by atoms with van der Waals surface area (Å²) >= 11 is 1.93. The van der Waals surface area contributed by atoms with Gasteiger partial charge in [0, 0.05) is 12.8 Å². The molecule has 4 nitrogen and oxygen atoms in total. The van der Waals surface area contributed by atoms with E-state index in [0.29, 0.717) is 6.04 Å². The van der Waals surface area contributed by atoms with E-state index in [4.69, 9.17) is 9.73 Å². The second kappa shape index (κ2) is 9.48. The zero-order valence-electron chi connectivity index (χ0n) is 15.6. The first kappa shape index (κ1) is 18.6. The van der Waals surface area contributed by atoms with Crippen molar-refractivity contribution in [3.63, 3.8) is 0 Å². The lowest BCUT2D eigenvalue weighted by Gasteiger charge is -2.23. The van der Waals surface area contributed by atoms with Crippen LogP contribution in [0, 0.1) is 0 Å². The average molecular weight is 362 g/mol. The Morgan fingerprint density at radius 2 is 1.92 bits per heavy atom. The fraction of sp³-hybridized carbons (Fsp3) is 0.650. The van der Waals surface area contributed by atoms with E-state index < -0.39 is 0 Å². The summed E-state index contributed by atoms with van der Waals surface area (Å²) in [6.07, 6.45) is 6.44. The van der Waals surface area contributed by atoms with Crippen molar-refractivity contribution in [1.29, 1.82) is 0 Å². The Bertz CT molecular complexity index is 555. The topological polar surface area (TPSA) is 28.1 Å². The normalized spacial score (nSPS) is 21.0. The first-order chi connectivity index (χ1) is 12.3. The first-order valence-electron chi connectivity index (χ1n) is 9.51. The van der Waals surface area contributed by atoms with Crippen LogP contribution < -0.4 is 4.74 Å². The van der Waals surface area contributed by atoms with Gasteiger partial charge in [-0.15, -0.1) is 0 Å². The molecule has 25 heavy (non-hydrogen) atoms. The number of thioether (sulfide) groups is 1. The molecule has 0 saturated carbocycles. The number of unbranched alkanes of at least 4 members (excludes halogenated alkanes) is 1. The van der Waals surface area contributed by atoms with Gasteiger partial charge in [0.1, 0.15) is 5.75 Å². The van der Waals surface area contributed by atoms with E-state index in [1.807, 2.05) is 23.9 Å². The Morgan fingerprint density at radius 1 is 1.16 bits per heavy atom. The fourth-order valence-electron chi connectivity index (χ4n) is 3.56. The molecule has 1 fully saturated rings. The summed E-state index contributed by atoms with van der Waals surface area (Å²) in [5.41, 5.74) is 1.35. The largest absolute Gasteiger partial charge is 0.497 e. The number of aliphatic imine (C=N–C) groups is 1. The van der Waals surface area contributed by atoms with Crippen molar-refractivity contribution < 1.29 is 4.74 Å². The molecule has 1 aromatic rings. The van der Waals surface area contributed by atoms with Crippen molar-refractivity contribution in [3.05, 3.63) is 29.8 Å². The second-order valence-electron chi connectivity index (χ2n) is 7.04. The standard InChI is InChI=1S/C20H31N3OS/c1-22-18(15-17-7-9-19(24-2)10-8-17)16-21-20(22)25-14-6-5-13-23-11-3-4-12-23/h7-10,18H,3-6,11-16H2,1-2H3. The van der Waals surface area contributed by atoms with Crippen molar-refractivity contribution in [2.45, 2.75) is 38.1 Å². The molecule has 0 aliphatic carbocycles. The molecule has 0 spiro atoms. The van der Waals surface area contributed by atoms with Crippen LogP contribution in [0.5, 0.6) is 5.75 Å². The third-order valence-electron chi connectivity index (χ3n) is 5.22. The molecule has 3 rings (SSSR count). The number of likely N-dealkylation sites (tertiary alicyclic amines) is 1. The second-order valence-corrected chi connectivity index (χ2v) is 8.11. The van der Waals surface area contributed by atoms with Gasteiger partial charge in [-0.05, 0) is 69.4 Å². The molecule has 2 heterocycles. The molecule has 138 valence electrons. The zero-order valence-corrected chi connectivity index (χ0v) is 16.4. The van der Waals surface area contributed by atoms with Crippen LogP contribution in [-0.2, 0) is 6.42 Å². The Balaban J connectivity index is 1.35. The first-order valence-corrected chi connectivity index (χ1v) is 10.5. The number of likely N-dealkylation sites (N-methyl/N-ethyl adjacent to an activating group) is 1. The maximum Gasteiger partial charge on any atom is 0.159 e. The van der Waals surface area contributed by atoms with Crippen LogP contribution in [-0.4, -0.2) is 67.1 Å². The van der Waals surface area contributed by atoms with Gasteiger partial charge >= 0.3 is 0 Å². The van der Waals surface area contributed by atoms with Gasteiger partial charge in [0.2, 0.25) is 0 Å². The summed E-state index contributed by atoms with van der Waals surface area (Å²) in [7, 11) is 3.90. The Kier molecular flexibility index (Phi) is 7.05. The van der Waals surface area contributed by atoms with Crippen LogP contribution >= 0.6 is 11.8 Å². The lowest BCUT2D eigenvalue weighted by atomic mass is 10.1. The van der Waals surface area contributed by atoms with Crippen LogP contribution in [0.3, 0.4) is 0 Å². The molecule has 1 unspecified atom stereocenters. The van der Waals surface area contributed by atoms with Gasteiger partial charge in [0.05, 0.1) is 19.7 Å². The predicted molar refractivity (Wildman–Crippen MR) is 108 cm³/mol. The number of amidine groups is 1. The van der Waals surface area contributed by atoms with Gasteiger partial charge < -0.3 is 14.5 Å². The monoisotopic (exact) mass is 361 g/mol. The molecule has 2 aliphatic heterocycles. The number of benzene rings is 1. The summed E-state index contributed by atoms with van der Waals surface area (Å²) in [4.78, 5) is 9.75. The number of ether oxygens (including phenoxy) is 1. The predicted octanol–water partition coefficient (Wildman–Crippen LogP) is 3.52. The number of methoxy groups -OCH3 is 1. The Hall–Kier alpha value is -1.20. The van der Waals surface area contributed by atoms with Crippen LogP contribution in [0.1, 0.15) is 31.2 Å². The van der Waals surface area contributed by atoms with Crippen molar-refractivity contribution in [2.75, 3.05) is 46.1 Å². The van der Waals surface area contributed by atoms with Crippen molar-refractivity contribution in [2.24, 2.45) is 4.99 Å². The molecule has 2 aliphatic rings. The summed E-state index contributed by atoms with van der Waals surface area (Å²) in [5.74, 6) is 2.11. The zero-order chi connectivity index (χ0) is 17.5. The van der Waals surface area contributed by atoms with Crippen LogP contribution in [0.15, 0.2) is 29.3 Å². The maximum atomic E-state index is 5.23. The van der Waals surface area contributed by atoms with E-state index in [0.717, 1.165) is 18.7 Å². The molecule has 0 bridgehead atoms. The molecule has 1 saturated heterocycles. The van der Waals surface area contributed by atoms with E-state index >= 15 is 0 Å². The average Bonchev–Trinajstić information content (AvgIpc) is 3.27. The number of hydrogen-bond donors (Lipinski definition) is 0. The molecule has 1 atom stereocenters. The molecule has 5 heteroatoms. The van der Waals surface area contributed by atoms with E-state index in [9.17, 15) is 0 Å². The molecular weight excluding hydrogens is 330 g/mol. The van der Waals surface area contributed by atoms with Crippen molar-refractivity contribution >= 4 is 16.9 Å². The summed E-state index contributed by atoms with van der Waals surface area (Å²) in [6, 6.07) is 8.90. The summed E-state index contributed by atoms with van der Waals surface area (Å²) < 4.78 is 5.23. The maximum absolute atomic E-state index is 5.23. The van der Waals surface area contributed by atoms with Gasteiger partial charge in [-0.2, -0.15) is 0 Å². The third-order valence-corrected chi connectivity index (χ3v) is 6.38. The summed E-state index contributed by atoms with van der Waals surface area (Å²) in [6.45, 7) is 4.83. The lowest BCUT2D eigenvalue weighted by molar-refractivity contribution is 0.333. The van der Waals surface area contributed by atoms with E-state index in [-0.39, 0.29) is 0 Å². The lowest BCUT2D eigenvalue weighted by Crippen LogP contribution is -2.33. The quantitative estimate of drug-likeness (QED) is 0.662. The minimum absolute atomic E-state index is 0.487. The Labute approximate surface area is 156 Å². The van der Waals surface area contributed by atoms with Crippen molar-refractivity contribution in [1.82, 2.24) is 9.80 Å². The SMILES string of the molecule is COc1ccc(CC2CN=C(SCCCCN3CCCC3)N2C)cc1. The molecule has 0 amide bonds. The van der Waals surface area contributed by atoms with E-state index in [1.165, 1.54) is 61.8 Å². The van der Waals surface area contributed by atoms with Crippen LogP contribution in [0.4, 0.5) is 0 Å². The third kappa shape index (κ3) is 5.38. The molecule has 1 aromatic carbocycles. The fourth-order valence-corrected chi connectivity index (χ4v) is 4.61. The smallest absolute Gasteiger partial charge is 0.159 e. The number of nitrogens with zero attached hydrogens (tertiary/aromatic N) is 3. The van der Waals surface area contributed by atoms with E-state index in [1.54, 1.807) is 7.11 Å². The van der Waals surface area contributed by atoms with Crippen molar-refractivity contribution in [3.8, 4) is 5.75 Å². The van der Waals surface area contributed by atoms with Gasteiger partial charge in [-0.1, -0.05) is 23.9 Å². The van der Waals surface area contributed by atoms with Crippen LogP contribution in [0.25, 0.3) is 0 Å². The highest BCUT2D eigenvalue weighted by Gasteiger charge is 2.24. The van der Waals surface area contributed by atoms with E-state index in [2.05, 4.69) is 29.0 Å². The van der Waals surface area contributed by atoms with Gasteiger partial charge in [-0.3, -0.25) is 4.99 Å². The Morgan fingerprint density at radius 3 is 2.64 bits per heavy atom.